The van der Waals surface area contributed by atoms with Crippen LogP contribution in [-0.2, 0) is 10.0 Å². The predicted molar refractivity (Wildman–Crippen MR) is 76.9 cm³/mol. The van der Waals surface area contributed by atoms with Crippen molar-refractivity contribution in [3.8, 4) is 0 Å². The van der Waals surface area contributed by atoms with Crippen LogP contribution in [0.15, 0.2) is 17.0 Å². The lowest BCUT2D eigenvalue weighted by molar-refractivity contribution is 0.427. The lowest BCUT2D eigenvalue weighted by Gasteiger charge is -2.24. The normalized spacial score (nSPS) is 17.6. The van der Waals surface area contributed by atoms with Crippen LogP contribution in [0.1, 0.15) is 29.5 Å². The van der Waals surface area contributed by atoms with Gasteiger partial charge in [-0.05, 0) is 69.5 Å². The van der Waals surface area contributed by atoms with E-state index in [-0.39, 0.29) is 6.04 Å². The zero-order valence-corrected chi connectivity index (χ0v) is 12.6. The van der Waals surface area contributed by atoms with Crippen molar-refractivity contribution in [1.82, 2.24) is 10.0 Å². The summed E-state index contributed by atoms with van der Waals surface area (Å²) in [6.07, 6.45) is 1.70. The van der Waals surface area contributed by atoms with Gasteiger partial charge in [-0.25, -0.2) is 13.1 Å². The summed E-state index contributed by atoms with van der Waals surface area (Å²) in [4.78, 5) is 0.411. The highest BCUT2D eigenvalue weighted by atomic mass is 32.2. The number of rotatable bonds is 3. The van der Waals surface area contributed by atoms with E-state index in [0.29, 0.717) is 4.90 Å². The first-order valence-electron chi connectivity index (χ1n) is 6.71. The number of nitrogens with one attached hydrogen (secondary N) is 2. The van der Waals surface area contributed by atoms with Crippen LogP contribution in [-0.4, -0.2) is 27.5 Å². The number of benzene rings is 1. The smallest absolute Gasteiger partial charge is 0.241 e. The van der Waals surface area contributed by atoms with E-state index in [0.717, 1.165) is 42.6 Å². The van der Waals surface area contributed by atoms with E-state index in [2.05, 4.69) is 10.0 Å². The zero-order valence-electron chi connectivity index (χ0n) is 11.8. The number of hydrogen-bond donors (Lipinski definition) is 2. The first kappa shape index (κ1) is 14.5. The van der Waals surface area contributed by atoms with Gasteiger partial charge in [-0.3, -0.25) is 0 Å². The molecule has 1 aromatic carbocycles. The maximum absolute atomic E-state index is 12.5. The van der Waals surface area contributed by atoms with Crippen LogP contribution in [0.3, 0.4) is 0 Å². The van der Waals surface area contributed by atoms with Crippen LogP contribution >= 0.6 is 0 Å². The molecule has 0 atom stereocenters. The van der Waals surface area contributed by atoms with Crippen molar-refractivity contribution >= 4 is 10.0 Å². The van der Waals surface area contributed by atoms with Crippen LogP contribution in [0.25, 0.3) is 0 Å². The maximum Gasteiger partial charge on any atom is 0.241 e. The highest BCUT2D eigenvalue weighted by molar-refractivity contribution is 7.89. The van der Waals surface area contributed by atoms with Crippen LogP contribution in [0.4, 0.5) is 0 Å². The second-order valence-electron chi connectivity index (χ2n) is 5.35. The van der Waals surface area contributed by atoms with Crippen molar-refractivity contribution < 1.29 is 8.42 Å². The van der Waals surface area contributed by atoms with E-state index >= 15 is 0 Å². The monoisotopic (exact) mass is 282 g/mol. The zero-order chi connectivity index (χ0) is 14.0. The molecular formula is C14H22N2O2S. The minimum Gasteiger partial charge on any atom is -0.317 e. The summed E-state index contributed by atoms with van der Waals surface area (Å²) in [5.41, 5.74) is 2.94. The quantitative estimate of drug-likeness (QED) is 0.886. The molecule has 1 saturated heterocycles. The fourth-order valence-corrected chi connectivity index (χ4v) is 4.06. The van der Waals surface area contributed by atoms with Crippen molar-refractivity contribution in [2.24, 2.45) is 0 Å². The number of aryl methyl sites for hydroxylation is 3. The summed E-state index contributed by atoms with van der Waals surface area (Å²) in [7, 11) is -3.41. The van der Waals surface area contributed by atoms with Gasteiger partial charge in [0.25, 0.3) is 0 Å². The van der Waals surface area contributed by atoms with E-state index in [1.807, 2.05) is 26.8 Å². The van der Waals surface area contributed by atoms with E-state index in [9.17, 15) is 8.42 Å². The largest absolute Gasteiger partial charge is 0.317 e. The molecule has 1 aliphatic heterocycles. The second kappa shape index (κ2) is 5.61. The Morgan fingerprint density at radius 3 is 2.26 bits per heavy atom. The van der Waals surface area contributed by atoms with E-state index in [4.69, 9.17) is 0 Å². The minimum absolute atomic E-state index is 0.0484. The number of hydrogen-bond acceptors (Lipinski definition) is 3. The Balaban J connectivity index is 2.26. The van der Waals surface area contributed by atoms with Crippen molar-refractivity contribution in [3.05, 3.63) is 28.8 Å². The minimum atomic E-state index is -3.41. The molecule has 0 aromatic heterocycles. The van der Waals surface area contributed by atoms with Crippen LogP contribution in [0.5, 0.6) is 0 Å². The highest BCUT2D eigenvalue weighted by Gasteiger charge is 2.23. The Morgan fingerprint density at radius 1 is 1.05 bits per heavy atom. The van der Waals surface area contributed by atoms with Gasteiger partial charge in [0.2, 0.25) is 10.0 Å². The average Bonchev–Trinajstić information content (AvgIpc) is 2.34. The summed E-state index contributed by atoms with van der Waals surface area (Å²) in [6.45, 7) is 7.54. The third-order valence-corrected chi connectivity index (χ3v) is 5.40. The lowest BCUT2D eigenvalue weighted by atomic mass is 10.1. The Labute approximate surface area is 115 Å². The van der Waals surface area contributed by atoms with Gasteiger partial charge < -0.3 is 5.32 Å². The van der Waals surface area contributed by atoms with Crippen molar-refractivity contribution in [2.45, 2.75) is 44.6 Å². The lowest BCUT2D eigenvalue weighted by Crippen LogP contribution is -2.42. The molecule has 1 fully saturated rings. The van der Waals surface area contributed by atoms with Gasteiger partial charge in [0.05, 0.1) is 4.90 Å². The molecule has 0 spiro atoms. The molecule has 1 aromatic rings. The molecule has 0 bridgehead atoms. The van der Waals surface area contributed by atoms with Crippen molar-refractivity contribution in [1.29, 1.82) is 0 Å². The summed E-state index contributed by atoms with van der Waals surface area (Å²) < 4.78 is 27.7. The van der Waals surface area contributed by atoms with Gasteiger partial charge in [0, 0.05) is 6.04 Å². The topological polar surface area (TPSA) is 58.2 Å². The van der Waals surface area contributed by atoms with Gasteiger partial charge in [-0.2, -0.15) is 0 Å². The summed E-state index contributed by atoms with van der Waals surface area (Å²) in [5.74, 6) is 0. The Bertz CT molecular complexity index is 561. The van der Waals surface area contributed by atoms with Crippen LogP contribution in [0.2, 0.25) is 0 Å². The molecular weight excluding hydrogens is 260 g/mol. The molecule has 106 valence electrons. The highest BCUT2D eigenvalue weighted by Crippen LogP contribution is 2.21. The van der Waals surface area contributed by atoms with Crippen molar-refractivity contribution in [3.63, 3.8) is 0 Å². The molecule has 5 heteroatoms. The molecule has 0 amide bonds. The third-order valence-electron chi connectivity index (χ3n) is 3.74. The molecule has 2 rings (SSSR count). The summed E-state index contributed by atoms with van der Waals surface area (Å²) in [6, 6.07) is 3.76. The van der Waals surface area contributed by atoms with Crippen molar-refractivity contribution in [2.75, 3.05) is 13.1 Å². The first-order valence-corrected chi connectivity index (χ1v) is 8.19. The Kier molecular flexibility index (Phi) is 4.28. The van der Waals surface area contributed by atoms with Gasteiger partial charge >= 0.3 is 0 Å². The average molecular weight is 282 g/mol. The third kappa shape index (κ3) is 3.35. The van der Waals surface area contributed by atoms with E-state index < -0.39 is 10.0 Å². The molecule has 0 unspecified atom stereocenters. The fourth-order valence-electron chi connectivity index (χ4n) is 2.45. The molecule has 1 aliphatic rings. The Morgan fingerprint density at radius 2 is 1.63 bits per heavy atom. The van der Waals surface area contributed by atoms with E-state index in [1.165, 1.54) is 0 Å². The molecule has 0 saturated carbocycles. The molecule has 19 heavy (non-hydrogen) atoms. The second-order valence-corrected chi connectivity index (χ2v) is 7.03. The molecule has 0 radical (unpaired) electrons. The maximum atomic E-state index is 12.5. The van der Waals surface area contributed by atoms with E-state index in [1.54, 1.807) is 6.07 Å². The van der Waals surface area contributed by atoms with Gasteiger partial charge in [0.15, 0.2) is 0 Å². The van der Waals surface area contributed by atoms with Gasteiger partial charge in [0.1, 0.15) is 0 Å². The summed E-state index contributed by atoms with van der Waals surface area (Å²) >= 11 is 0. The first-order chi connectivity index (χ1) is 8.90. The molecule has 1 heterocycles. The predicted octanol–water partition coefficient (Wildman–Crippen LogP) is 1.64. The molecule has 2 N–H and O–H groups in total. The molecule has 4 nitrogen and oxygen atoms in total. The SMILES string of the molecule is Cc1cc(C)c(S(=O)(=O)NC2CCNCC2)cc1C. The number of piperidine rings is 1. The molecule has 0 aliphatic carbocycles. The Hall–Kier alpha value is -0.910. The van der Waals surface area contributed by atoms with Gasteiger partial charge in [-0.15, -0.1) is 0 Å². The van der Waals surface area contributed by atoms with Crippen LogP contribution in [0, 0.1) is 20.8 Å². The standard InChI is InChI=1S/C14H22N2O2S/c1-10-8-12(3)14(9-11(10)2)19(17,18)16-13-4-6-15-7-5-13/h8-9,13,15-16H,4-7H2,1-3H3. The fraction of sp³-hybridized carbons (Fsp3) is 0.571. The van der Waals surface area contributed by atoms with Crippen LogP contribution < -0.4 is 10.0 Å². The number of sulfonamides is 1. The van der Waals surface area contributed by atoms with Gasteiger partial charge in [-0.1, -0.05) is 6.07 Å². The summed E-state index contributed by atoms with van der Waals surface area (Å²) in [5, 5.41) is 3.23.